The molecule has 1 aromatic carbocycles. The Bertz CT molecular complexity index is 971. The molecule has 0 fully saturated rings. The number of nitrogens with one attached hydrogen (secondary N) is 1. The van der Waals surface area contributed by atoms with E-state index in [0.29, 0.717) is 33.8 Å². The molecule has 2 amide bonds. The Morgan fingerprint density at radius 3 is 2.63 bits per heavy atom. The van der Waals surface area contributed by atoms with Crippen LogP contribution in [0.25, 0.3) is 21.8 Å². The molecule has 140 valence electrons. The second-order valence-electron chi connectivity index (χ2n) is 7.27. The standard InChI is InChI=1S/C19H20N4O3S/c1-19(2,3)10-13(24)22-17-14(11-6-4-5-7-12(11)16(20)25)15(23-26-17)18-21-8-9-27-18/h4-9H,10H2,1-3H3,(H2,20,25)(H,22,24). The Labute approximate surface area is 160 Å². The van der Waals surface area contributed by atoms with E-state index in [0.717, 1.165) is 0 Å². The van der Waals surface area contributed by atoms with Crippen molar-refractivity contribution in [3.05, 3.63) is 41.4 Å². The number of nitrogens with two attached hydrogens (primary N) is 1. The highest BCUT2D eigenvalue weighted by atomic mass is 32.1. The summed E-state index contributed by atoms with van der Waals surface area (Å²) in [6.45, 7) is 5.91. The van der Waals surface area contributed by atoms with Crippen LogP contribution in [0.2, 0.25) is 0 Å². The smallest absolute Gasteiger partial charge is 0.249 e. The SMILES string of the molecule is CC(C)(C)CC(=O)Nc1onc(-c2nccs2)c1-c1ccccc1C(N)=O. The second kappa shape index (κ2) is 7.32. The number of thiazole rings is 1. The molecule has 2 aromatic heterocycles. The first-order valence-corrected chi connectivity index (χ1v) is 9.23. The molecule has 3 aromatic rings. The summed E-state index contributed by atoms with van der Waals surface area (Å²) in [5, 5.41) is 9.29. The van der Waals surface area contributed by atoms with E-state index >= 15 is 0 Å². The molecule has 0 saturated carbocycles. The van der Waals surface area contributed by atoms with Crippen LogP contribution < -0.4 is 11.1 Å². The van der Waals surface area contributed by atoms with E-state index in [1.54, 1.807) is 30.5 Å². The fourth-order valence-corrected chi connectivity index (χ4v) is 3.30. The van der Waals surface area contributed by atoms with Crippen LogP contribution in [-0.2, 0) is 4.79 Å². The number of hydrogen-bond donors (Lipinski definition) is 2. The van der Waals surface area contributed by atoms with Gasteiger partial charge in [-0.3, -0.25) is 14.9 Å². The number of aromatic nitrogens is 2. The van der Waals surface area contributed by atoms with Gasteiger partial charge in [0, 0.05) is 29.1 Å². The van der Waals surface area contributed by atoms with Crippen LogP contribution in [-0.4, -0.2) is 22.0 Å². The molecule has 0 aliphatic heterocycles. The summed E-state index contributed by atoms with van der Waals surface area (Å²) in [5.41, 5.74) is 7.12. The molecule has 0 aliphatic carbocycles. The number of amides is 2. The minimum Gasteiger partial charge on any atom is -0.366 e. The Morgan fingerprint density at radius 1 is 1.26 bits per heavy atom. The van der Waals surface area contributed by atoms with E-state index in [1.165, 1.54) is 11.3 Å². The van der Waals surface area contributed by atoms with Crippen LogP contribution in [0.3, 0.4) is 0 Å². The highest BCUT2D eigenvalue weighted by Crippen LogP contribution is 2.40. The van der Waals surface area contributed by atoms with Crippen LogP contribution in [0.5, 0.6) is 0 Å². The number of primary amides is 1. The van der Waals surface area contributed by atoms with Crippen LogP contribution in [0, 0.1) is 5.41 Å². The third kappa shape index (κ3) is 4.22. The van der Waals surface area contributed by atoms with Gasteiger partial charge in [0.25, 0.3) is 0 Å². The van der Waals surface area contributed by atoms with Gasteiger partial charge in [-0.25, -0.2) is 4.98 Å². The molecule has 0 spiro atoms. The Kier molecular flexibility index (Phi) is 5.09. The van der Waals surface area contributed by atoms with Gasteiger partial charge in [0.05, 0.1) is 5.56 Å². The number of nitrogens with zero attached hydrogens (tertiary/aromatic N) is 2. The van der Waals surface area contributed by atoms with E-state index < -0.39 is 5.91 Å². The molecule has 2 heterocycles. The van der Waals surface area contributed by atoms with Gasteiger partial charge in [0.2, 0.25) is 17.7 Å². The van der Waals surface area contributed by atoms with Crippen molar-refractivity contribution in [1.82, 2.24) is 10.1 Å². The van der Waals surface area contributed by atoms with E-state index in [4.69, 9.17) is 10.3 Å². The van der Waals surface area contributed by atoms with E-state index in [1.807, 2.05) is 26.2 Å². The molecule has 0 radical (unpaired) electrons. The lowest BCUT2D eigenvalue weighted by Gasteiger charge is -2.16. The maximum absolute atomic E-state index is 12.4. The van der Waals surface area contributed by atoms with Gasteiger partial charge in [-0.1, -0.05) is 44.1 Å². The maximum Gasteiger partial charge on any atom is 0.249 e. The molecule has 3 N–H and O–H groups in total. The number of hydrogen-bond acceptors (Lipinski definition) is 6. The van der Waals surface area contributed by atoms with Crippen molar-refractivity contribution in [2.24, 2.45) is 11.1 Å². The maximum atomic E-state index is 12.4. The summed E-state index contributed by atoms with van der Waals surface area (Å²) in [4.78, 5) is 28.6. The van der Waals surface area contributed by atoms with Gasteiger partial charge in [-0.05, 0) is 11.5 Å². The molecule has 8 heteroatoms. The molecule has 0 aliphatic rings. The predicted octanol–water partition coefficient (Wildman–Crippen LogP) is 3.94. The lowest BCUT2D eigenvalue weighted by Crippen LogP contribution is -2.20. The first kappa shape index (κ1) is 18.8. The zero-order valence-corrected chi connectivity index (χ0v) is 16.1. The van der Waals surface area contributed by atoms with E-state index in [9.17, 15) is 9.59 Å². The van der Waals surface area contributed by atoms with Crippen molar-refractivity contribution in [2.75, 3.05) is 5.32 Å². The lowest BCUT2D eigenvalue weighted by molar-refractivity contribution is -0.117. The average molecular weight is 384 g/mol. The summed E-state index contributed by atoms with van der Waals surface area (Å²) in [7, 11) is 0. The molecule has 0 bridgehead atoms. The van der Waals surface area contributed by atoms with Crippen LogP contribution in [0.15, 0.2) is 40.4 Å². The third-order valence-corrected chi connectivity index (χ3v) is 4.51. The van der Waals surface area contributed by atoms with Crippen molar-refractivity contribution in [2.45, 2.75) is 27.2 Å². The summed E-state index contributed by atoms with van der Waals surface area (Å²) >= 11 is 1.38. The van der Waals surface area contributed by atoms with Crippen LogP contribution in [0.4, 0.5) is 5.88 Å². The predicted molar refractivity (Wildman–Crippen MR) is 104 cm³/mol. The zero-order valence-electron chi connectivity index (χ0n) is 15.3. The van der Waals surface area contributed by atoms with Crippen LogP contribution >= 0.6 is 11.3 Å². The van der Waals surface area contributed by atoms with Crippen molar-refractivity contribution in [3.8, 4) is 21.8 Å². The highest BCUT2D eigenvalue weighted by Gasteiger charge is 2.26. The topological polar surface area (TPSA) is 111 Å². The van der Waals surface area contributed by atoms with Gasteiger partial charge >= 0.3 is 0 Å². The molecule has 0 unspecified atom stereocenters. The number of anilines is 1. The first-order valence-electron chi connectivity index (χ1n) is 8.35. The molecule has 3 rings (SSSR count). The van der Waals surface area contributed by atoms with E-state index in [2.05, 4.69) is 15.5 Å². The number of carbonyl (C=O) groups excluding carboxylic acids is 2. The Balaban J connectivity index is 2.12. The quantitative estimate of drug-likeness (QED) is 0.692. The minimum absolute atomic E-state index is 0.170. The summed E-state index contributed by atoms with van der Waals surface area (Å²) in [6.07, 6.45) is 1.95. The van der Waals surface area contributed by atoms with Crippen LogP contribution in [0.1, 0.15) is 37.6 Å². The molecule has 0 saturated heterocycles. The summed E-state index contributed by atoms with van der Waals surface area (Å²) < 4.78 is 5.43. The van der Waals surface area contributed by atoms with Crippen molar-refractivity contribution in [3.63, 3.8) is 0 Å². The summed E-state index contributed by atoms with van der Waals surface area (Å²) in [5.74, 6) is -0.617. The van der Waals surface area contributed by atoms with E-state index in [-0.39, 0.29) is 17.2 Å². The van der Waals surface area contributed by atoms with Gasteiger partial charge in [0.1, 0.15) is 5.01 Å². The van der Waals surface area contributed by atoms with Crippen molar-refractivity contribution < 1.29 is 14.1 Å². The third-order valence-electron chi connectivity index (χ3n) is 3.73. The molecule has 27 heavy (non-hydrogen) atoms. The first-order chi connectivity index (χ1) is 12.8. The number of benzene rings is 1. The molecular weight excluding hydrogens is 364 g/mol. The number of rotatable bonds is 5. The van der Waals surface area contributed by atoms with Gasteiger partial charge in [-0.15, -0.1) is 11.3 Å². The average Bonchev–Trinajstić information content (AvgIpc) is 3.22. The molecule has 7 nitrogen and oxygen atoms in total. The van der Waals surface area contributed by atoms with Gasteiger partial charge in [0.15, 0.2) is 5.69 Å². The highest BCUT2D eigenvalue weighted by molar-refractivity contribution is 7.13. The lowest BCUT2D eigenvalue weighted by atomic mass is 9.92. The van der Waals surface area contributed by atoms with Gasteiger partial charge in [-0.2, -0.15) is 0 Å². The summed E-state index contributed by atoms with van der Waals surface area (Å²) in [6, 6.07) is 6.86. The molecule has 0 atom stereocenters. The Morgan fingerprint density at radius 2 is 2.00 bits per heavy atom. The minimum atomic E-state index is -0.580. The fraction of sp³-hybridized carbons (Fsp3) is 0.263. The van der Waals surface area contributed by atoms with Crippen molar-refractivity contribution in [1.29, 1.82) is 0 Å². The monoisotopic (exact) mass is 384 g/mol. The zero-order chi connectivity index (χ0) is 19.6. The van der Waals surface area contributed by atoms with Gasteiger partial charge < -0.3 is 10.3 Å². The molecular formula is C19H20N4O3S. The Hall–Kier alpha value is -3.00. The largest absolute Gasteiger partial charge is 0.366 e. The van der Waals surface area contributed by atoms with Crippen molar-refractivity contribution >= 4 is 29.0 Å². The fourth-order valence-electron chi connectivity index (χ4n) is 2.68. The second-order valence-corrected chi connectivity index (χ2v) is 8.16. The normalized spacial score (nSPS) is 11.4. The number of carbonyl (C=O) groups is 2.